The molecule has 0 fully saturated rings. The molecular weight excluding hydrogens is 254 g/mol. The molecule has 5 heteroatoms. The van der Waals surface area contributed by atoms with Crippen LogP contribution in [0.15, 0.2) is 18.3 Å². The Morgan fingerprint density at radius 2 is 2.00 bits per heavy atom. The molecule has 0 aliphatic carbocycles. The summed E-state index contributed by atoms with van der Waals surface area (Å²) >= 11 is 0. The van der Waals surface area contributed by atoms with Crippen molar-refractivity contribution in [3.05, 3.63) is 23.9 Å². The van der Waals surface area contributed by atoms with E-state index in [4.69, 9.17) is 5.73 Å². The normalized spacial score (nSPS) is 13.2. The molecule has 0 spiro atoms. The van der Waals surface area contributed by atoms with Crippen molar-refractivity contribution in [2.45, 2.75) is 38.4 Å². The van der Waals surface area contributed by atoms with Gasteiger partial charge in [-0.3, -0.25) is 4.68 Å². The van der Waals surface area contributed by atoms with E-state index in [1.54, 1.807) is 4.68 Å². The Morgan fingerprint density at radius 3 is 2.58 bits per heavy atom. The summed E-state index contributed by atoms with van der Waals surface area (Å²) in [6, 6.07) is 4.02. The molecule has 19 heavy (non-hydrogen) atoms. The fourth-order valence-corrected chi connectivity index (χ4v) is 2.72. The molecule has 0 radical (unpaired) electrons. The monoisotopic (exact) mass is 277 g/mol. The molecule has 0 saturated heterocycles. The minimum atomic E-state index is -2.23. The smallest absolute Gasteiger partial charge is 0.188 e. The van der Waals surface area contributed by atoms with Crippen LogP contribution in [0, 0.1) is 0 Å². The summed E-state index contributed by atoms with van der Waals surface area (Å²) in [5.41, 5.74) is 8.96. The van der Waals surface area contributed by atoms with Crippen LogP contribution in [0.5, 0.6) is 0 Å². The highest BCUT2D eigenvalue weighted by Gasteiger charge is 2.38. The molecule has 1 aromatic heterocycles. The minimum absolute atomic E-state index is 0.121. The lowest BCUT2D eigenvalue weighted by molar-refractivity contribution is 0.468. The van der Waals surface area contributed by atoms with Gasteiger partial charge in [0.2, 0.25) is 0 Å². The van der Waals surface area contributed by atoms with E-state index in [9.17, 15) is 4.80 Å². The number of benzene rings is 1. The zero-order valence-corrected chi connectivity index (χ0v) is 13.4. The molecule has 1 aromatic carbocycles. The van der Waals surface area contributed by atoms with Crippen LogP contribution in [-0.2, 0) is 13.5 Å². The van der Waals surface area contributed by atoms with Crippen molar-refractivity contribution in [1.29, 1.82) is 0 Å². The lowest BCUT2D eigenvalue weighted by atomic mass is 9.99. The molecule has 0 atom stereocenters. The van der Waals surface area contributed by atoms with E-state index >= 15 is 0 Å². The summed E-state index contributed by atoms with van der Waals surface area (Å²) in [5.74, 6) is 0. The molecule has 2 rings (SSSR count). The zero-order valence-electron chi connectivity index (χ0n) is 12.4. The van der Waals surface area contributed by atoms with Crippen molar-refractivity contribution in [2.75, 3.05) is 5.73 Å². The van der Waals surface area contributed by atoms with Crippen LogP contribution in [0.3, 0.4) is 0 Å². The molecular formula is C14H23N3OSi. The highest BCUT2D eigenvalue weighted by atomic mass is 28.4. The fourth-order valence-electron chi connectivity index (χ4n) is 2.10. The highest BCUT2D eigenvalue weighted by Crippen LogP contribution is 2.40. The van der Waals surface area contributed by atoms with E-state index in [1.165, 1.54) is 0 Å². The van der Waals surface area contributed by atoms with Crippen molar-refractivity contribution in [3.63, 3.8) is 0 Å². The average molecular weight is 277 g/mol. The van der Waals surface area contributed by atoms with Gasteiger partial charge in [-0.15, -0.1) is 0 Å². The topological polar surface area (TPSA) is 64.1 Å². The molecule has 0 aliphatic rings. The second-order valence-corrected chi connectivity index (χ2v) is 11.0. The number of nitrogens with zero attached hydrogens (tertiary/aromatic N) is 2. The predicted octanol–water partition coefficient (Wildman–Crippen LogP) is 2.68. The second kappa shape index (κ2) is 4.35. The van der Waals surface area contributed by atoms with Crippen molar-refractivity contribution in [3.8, 4) is 0 Å². The Hall–Kier alpha value is -1.33. The van der Waals surface area contributed by atoms with Crippen LogP contribution in [0.25, 0.3) is 10.9 Å². The van der Waals surface area contributed by atoms with Crippen molar-refractivity contribution >= 4 is 24.9 Å². The Bertz CT molecular complexity index is 611. The van der Waals surface area contributed by atoms with E-state index in [1.807, 2.05) is 38.5 Å². The number of aryl methyl sites for hydroxylation is 1. The first kappa shape index (κ1) is 14.1. The van der Waals surface area contributed by atoms with Crippen LogP contribution >= 0.6 is 0 Å². The predicted molar refractivity (Wildman–Crippen MR) is 82.6 cm³/mol. The molecule has 0 saturated carbocycles. The number of hydrogen-bond acceptors (Lipinski definition) is 3. The Kier molecular flexibility index (Phi) is 3.22. The van der Waals surface area contributed by atoms with Gasteiger partial charge in [0.25, 0.3) is 0 Å². The average Bonchev–Trinajstić information content (AvgIpc) is 2.55. The van der Waals surface area contributed by atoms with E-state index in [-0.39, 0.29) is 5.04 Å². The summed E-state index contributed by atoms with van der Waals surface area (Å²) in [7, 11) is -0.328. The van der Waals surface area contributed by atoms with Crippen LogP contribution in [0.4, 0.5) is 5.69 Å². The Morgan fingerprint density at radius 1 is 1.37 bits per heavy atom. The number of rotatable bonds is 3. The summed E-state index contributed by atoms with van der Waals surface area (Å²) < 4.78 is 1.80. The van der Waals surface area contributed by atoms with Gasteiger partial charge in [0.05, 0.1) is 5.52 Å². The molecule has 0 unspecified atom stereocenters. The standard InChI is InChI=1S/C14H23N3OSi/c1-14(2,19(4,5)18)8-10-7-13-11(6-12(10)15)9-17(3)16-13/h6-7,9,18H,8,15H2,1-5H3. The maximum Gasteiger partial charge on any atom is 0.188 e. The first-order valence-electron chi connectivity index (χ1n) is 6.54. The Labute approximate surface area is 115 Å². The van der Waals surface area contributed by atoms with Gasteiger partial charge < -0.3 is 10.5 Å². The first-order valence-corrected chi connectivity index (χ1v) is 9.49. The van der Waals surface area contributed by atoms with Gasteiger partial charge in [-0.1, -0.05) is 13.8 Å². The van der Waals surface area contributed by atoms with Gasteiger partial charge in [0.15, 0.2) is 8.32 Å². The van der Waals surface area contributed by atoms with Gasteiger partial charge in [-0.2, -0.15) is 5.10 Å². The van der Waals surface area contributed by atoms with Gasteiger partial charge in [0, 0.05) is 24.3 Å². The largest absolute Gasteiger partial charge is 0.432 e. The number of hydrogen-bond donors (Lipinski definition) is 2. The molecule has 1 heterocycles. The van der Waals surface area contributed by atoms with Crippen molar-refractivity contribution in [1.82, 2.24) is 9.78 Å². The molecule has 3 N–H and O–H groups in total. The molecule has 2 aromatic rings. The molecule has 0 amide bonds. The number of nitrogen functional groups attached to an aromatic ring is 1. The molecule has 104 valence electrons. The molecule has 4 nitrogen and oxygen atoms in total. The zero-order chi connectivity index (χ0) is 14.4. The number of nitrogens with two attached hydrogens (primary N) is 1. The SMILES string of the molecule is Cn1cc2cc(N)c(CC(C)(C)[Si](C)(C)O)cc2n1. The van der Waals surface area contributed by atoms with Crippen LogP contribution in [-0.4, -0.2) is 22.9 Å². The number of aromatic nitrogens is 2. The summed E-state index contributed by atoms with van der Waals surface area (Å²) in [6.45, 7) is 8.17. The summed E-state index contributed by atoms with van der Waals surface area (Å²) in [4.78, 5) is 10.4. The van der Waals surface area contributed by atoms with Gasteiger partial charge >= 0.3 is 0 Å². The van der Waals surface area contributed by atoms with E-state index in [2.05, 4.69) is 18.9 Å². The fraction of sp³-hybridized carbons (Fsp3) is 0.500. The highest BCUT2D eigenvalue weighted by molar-refractivity contribution is 6.72. The van der Waals surface area contributed by atoms with Gasteiger partial charge in [-0.25, -0.2) is 0 Å². The van der Waals surface area contributed by atoms with E-state index in [0.717, 1.165) is 28.6 Å². The third-order valence-corrected chi connectivity index (χ3v) is 7.66. The first-order chi connectivity index (χ1) is 8.60. The number of fused-ring (bicyclic) bond motifs is 1. The van der Waals surface area contributed by atoms with Crippen LogP contribution in [0.1, 0.15) is 19.4 Å². The molecule has 0 aliphatic heterocycles. The van der Waals surface area contributed by atoms with Crippen molar-refractivity contribution < 1.29 is 4.80 Å². The summed E-state index contributed by atoms with van der Waals surface area (Å²) in [6.07, 6.45) is 2.74. The lowest BCUT2D eigenvalue weighted by Crippen LogP contribution is -2.40. The van der Waals surface area contributed by atoms with E-state index < -0.39 is 8.32 Å². The van der Waals surface area contributed by atoms with Crippen LogP contribution < -0.4 is 5.73 Å². The minimum Gasteiger partial charge on any atom is -0.432 e. The maximum atomic E-state index is 10.4. The van der Waals surface area contributed by atoms with Crippen molar-refractivity contribution in [2.24, 2.45) is 7.05 Å². The van der Waals surface area contributed by atoms with Gasteiger partial charge in [0.1, 0.15) is 0 Å². The molecule has 0 bridgehead atoms. The quantitative estimate of drug-likeness (QED) is 0.669. The second-order valence-electron chi connectivity index (χ2n) is 6.53. The van der Waals surface area contributed by atoms with Gasteiger partial charge in [-0.05, 0) is 42.2 Å². The summed E-state index contributed by atoms with van der Waals surface area (Å²) in [5, 5.41) is 5.35. The number of anilines is 1. The lowest BCUT2D eigenvalue weighted by Gasteiger charge is -2.35. The van der Waals surface area contributed by atoms with E-state index in [0.29, 0.717) is 0 Å². The maximum absolute atomic E-state index is 10.4. The van der Waals surface area contributed by atoms with Crippen LogP contribution in [0.2, 0.25) is 18.1 Å². The third-order valence-electron chi connectivity index (χ3n) is 4.17. The Balaban J connectivity index is 2.43. The third kappa shape index (κ3) is 2.67.